The molecule has 104 valence electrons. The van der Waals surface area contributed by atoms with Gasteiger partial charge >= 0.3 is 5.97 Å². The molecular weight excluding hydrogens is 266 g/mol. The molecule has 0 spiro atoms. The Labute approximate surface area is 112 Å². The Bertz CT molecular complexity index is 675. The third kappa shape index (κ3) is 3.31. The van der Waals surface area contributed by atoms with Gasteiger partial charge in [-0.2, -0.15) is 5.10 Å². The van der Waals surface area contributed by atoms with Crippen molar-refractivity contribution in [2.24, 2.45) is 0 Å². The average Bonchev–Trinajstić information content (AvgIpc) is 2.93. The van der Waals surface area contributed by atoms with E-state index in [0.29, 0.717) is 11.5 Å². The van der Waals surface area contributed by atoms with Crippen LogP contribution in [0.15, 0.2) is 39.7 Å². The Balaban J connectivity index is 2.15. The molecule has 0 bridgehead atoms. The summed E-state index contributed by atoms with van der Waals surface area (Å²) in [5, 5.41) is 14.6. The number of carboxylic acids is 1. The Hall–Kier alpha value is -2.90. The highest BCUT2D eigenvalue weighted by Gasteiger charge is 2.09. The van der Waals surface area contributed by atoms with E-state index in [2.05, 4.69) is 10.4 Å². The number of rotatable bonds is 5. The van der Waals surface area contributed by atoms with Gasteiger partial charge in [-0.05, 0) is 18.2 Å². The minimum absolute atomic E-state index is 0.360. The van der Waals surface area contributed by atoms with E-state index in [9.17, 15) is 14.4 Å². The molecule has 0 aliphatic rings. The number of aliphatic carboxylic acids is 1. The summed E-state index contributed by atoms with van der Waals surface area (Å²) in [5.41, 5.74) is -0.0635. The maximum atomic E-state index is 11.6. The number of carbonyl (C=O) groups is 2. The van der Waals surface area contributed by atoms with Crippen LogP contribution >= 0.6 is 0 Å². The minimum Gasteiger partial charge on any atom is -0.480 e. The van der Waals surface area contributed by atoms with Gasteiger partial charge in [0.25, 0.3) is 5.56 Å². The van der Waals surface area contributed by atoms with Crippen LogP contribution in [0, 0.1) is 0 Å². The molecule has 0 fully saturated rings. The lowest BCUT2D eigenvalue weighted by Gasteiger charge is -2.05. The summed E-state index contributed by atoms with van der Waals surface area (Å²) in [5.74, 6) is -1.31. The standard InChI is InChI=1S/C12H11N3O5/c16-10(13-6-12(18)19)7-15-11(17)4-3-8(14-15)9-2-1-5-20-9/h1-5H,6-7H2,(H,13,16)(H,18,19). The van der Waals surface area contributed by atoms with Crippen LogP contribution in [-0.2, 0) is 16.1 Å². The van der Waals surface area contributed by atoms with Crippen molar-refractivity contribution in [3.05, 3.63) is 40.9 Å². The summed E-state index contributed by atoms with van der Waals surface area (Å²) >= 11 is 0. The second-order valence-electron chi connectivity index (χ2n) is 3.86. The van der Waals surface area contributed by atoms with Crippen LogP contribution in [0.1, 0.15) is 0 Å². The topological polar surface area (TPSA) is 114 Å². The SMILES string of the molecule is O=C(O)CNC(=O)Cn1nc(-c2ccco2)ccc1=O. The first-order valence-electron chi connectivity index (χ1n) is 5.67. The van der Waals surface area contributed by atoms with Crippen LogP contribution in [-0.4, -0.2) is 33.3 Å². The van der Waals surface area contributed by atoms with Gasteiger partial charge < -0.3 is 14.8 Å². The van der Waals surface area contributed by atoms with Crippen molar-refractivity contribution in [1.82, 2.24) is 15.1 Å². The summed E-state index contributed by atoms with van der Waals surface area (Å²) < 4.78 is 6.08. The number of carbonyl (C=O) groups excluding carboxylic acids is 1. The van der Waals surface area contributed by atoms with E-state index >= 15 is 0 Å². The van der Waals surface area contributed by atoms with Gasteiger partial charge in [0.1, 0.15) is 18.8 Å². The monoisotopic (exact) mass is 277 g/mol. The summed E-state index contributed by atoms with van der Waals surface area (Å²) in [7, 11) is 0. The van der Waals surface area contributed by atoms with Gasteiger partial charge in [0, 0.05) is 6.07 Å². The van der Waals surface area contributed by atoms with E-state index < -0.39 is 24.0 Å². The molecule has 8 heteroatoms. The van der Waals surface area contributed by atoms with Crippen LogP contribution in [0.3, 0.4) is 0 Å². The van der Waals surface area contributed by atoms with Crippen LogP contribution in [0.2, 0.25) is 0 Å². The highest BCUT2D eigenvalue weighted by Crippen LogP contribution is 2.14. The molecule has 0 atom stereocenters. The highest BCUT2D eigenvalue weighted by atomic mass is 16.4. The quantitative estimate of drug-likeness (QED) is 0.775. The van der Waals surface area contributed by atoms with E-state index in [-0.39, 0.29) is 6.54 Å². The number of hydrogen-bond donors (Lipinski definition) is 2. The number of hydrogen-bond acceptors (Lipinski definition) is 5. The first kappa shape index (κ1) is 13.5. The van der Waals surface area contributed by atoms with Gasteiger partial charge in [-0.3, -0.25) is 14.4 Å². The summed E-state index contributed by atoms with van der Waals surface area (Å²) in [6.07, 6.45) is 1.46. The van der Waals surface area contributed by atoms with Crippen molar-refractivity contribution in [1.29, 1.82) is 0 Å². The minimum atomic E-state index is -1.16. The lowest BCUT2D eigenvalue weighted by Crippen LogP contribution is -2.36. The second kappa shape index (κ2) is 5.83. The number of nitrogens with one attached hydrogen (secondary N) is 1. The highest BCUT2D eigenvalue weighted by molar-refractivity contribution is 5.80. The zero-order valence-electron chi connectivity index (χ0n) is 10.3. The normalized spacial score (nSPS) is 10.2. The molecule has 0 saturated carbocycles. The van der Waals surface area contributed by atoms with Crippen molar-refractivity contribution in [2.75, 3.05) is 6.54 Å². The Morgan fingerprint density at radius 3 is 2.80 bits per heavy atom. The molecule has 0 aliphatic heterocycles. The average molecular weight is 277 g/mol. The van der Waals surface area contributed by atoms with Crippen molar-refractivity contribution in [3.8, 4) is 11.5 Å². The molecule has 2 heterocycles. The van der Waals surface area contributed by atoms with E-state index in [0.717, 1.165) is 4.68 Å². The zero-order valence-corrected chi connectivity index (χ0v) is 10.3. The third-order valence-electron chi connectivity index (χ3n) is 2.37. The van der Waals surface area contributed by atoms with Gasteiger partial charge in [0.2, 0.25) is 5.91 Å². The predicted molar refractivity (Wildman–Crippen MR) is 66.8 cm³/mol. The molecule has 1 amide bonds. The fourth-order valence-electron chi connectivity index (χ4n) is 1.48. The molecule has 2 N–H and O–H groups in total. The van der Waals surface area contributed by atoms with E-state index in [1.807, 2.05) is 0 Å². The van der Waals surface area contributed by atoms with Gasteiger partial charge in [-0.1, -0.05) is 0 Å². The Morgan fingerprint density at radius 1 is 1.35 bits per heavy atom. The molecule has 0 saturated heterocycles. The number of nitrogens with zero attached hydrogens (tertiary/aromatic N) is 2. The Kier molecular flexibility index (Phi) is 3.94. The summed E-state index contributed by atoms with van der Waals surface area (Å²) in [6.45, 7) is -0.869. The molecule has 0 aliphatic carbocycles. The third-order valence-corrected chi connectivity index (χ3v) is 2.37. The molecular formula is C12H11N3O5. The number of furan rings is 1. The predicted octanol–water partition coefficient (Wildman–Crippen LogP) is -0.296. The van der Waals surface area contributed by atoms with Crippen molar-refractivity contribution >= 4 is 11.9 Å². The second-order valence-corrected chi connectivity index (χ2v) is 3.86. The molecule has 2 aromatic heterocycles. The van der Waals surface area contributed by atoms with E-state index in [4.69, 9.17) is 9.52 Å². The number of amides is 1. The van der Waals surface area contributed by atoms with Gasteiger partial charge in [-0.15, -0.1) is 0 Å². The smallest absolute Gasteiger partial charge is 0.322 e. The van der Waals surface area contributed by atoms with Crippen molar-refractivity contribution in [3.63, 3.8) is 0 Å². The maximum Gasteiger partial charge on any atom is 0.322 e. The summed E-state index contributed by atoms with van der Waals surface area (Å²) in [4.78, 5) is 33.4. The number of aromatic nitrogens is 2. The van der Waals surface area contributed by atoms with Crippen LogP contribution in [0.4, 0.5) is 0 Å². The van der Waals surface area contributed by atoms with Crippen molar-refractivity contribution < 1.29 is 19.1 Å². The molecule has 20 heavy (non-hydrogen) atoms. The van der Waals surface area contributed by atoms with E-state index in [1.165, 1.54) is 18.4 Å². The number of carboxylic acid groups (broad SMARTS) is 1. The molecule has 0 aromatic carbocycles. The van der Waals surface area contributed by atoms with Crippen LogP contribution in [0.25, 0.3) is 11.5 Å². The maximum absolute atomic E-state index is 11.6. The van der Waals surface area contributed by atoms with E-state index in [1.54, 1.807) is 12.1 Å². The Morgan fingerprint density at radius 2 is 2.15 bits per heavy atom. The fraction of sp³-hybridized carbons (Fsp3) is 0.167. The molecule has 0 radical (unpaired) electrons. The summed E-state index contributed by atoms with van der Waals surface area (Å²) in [6, 6.07) is 6.08. The van der Waals surface area contributed by atoms with Crippen LogP contribution < -0.4 is 10.9 Å². The fourth-order valence-corrected chi connectivity index (χ4v) is 1.48. The lowest BCUT2D eigenvalue weighted by atomic mass is 10.3. The first-order valence-corrected chi connectivity index (χ1v) is 5.67. The van der Waals surface area contributed by atoms with Gasteiger partial charge in [0.05, 0.1) is 6.26 Å². The zero-order chi connectivity index (χ0) is 14.5. The molecule has 0 unspecified atom stereocenters. The molecule has 2 rings (SSSR count). The molecule has 8 nitrogen and oxygen atoms in total. The molecule has 2 aromatic rings. The van der Waals surface area contributed by atoms with Crippen molar-refractivity contribution in [2.45, 2.75) is 6.54 Å². The van der Waals surface area contributed by atoms with Crippen LogP contribution in [0.5, 0.6) is 0 Å². The van der Waals surface area contributed by atoms with Gasteiger partial charge in [0.15, 0.2) is 5.76 Å². The largest absolute Gasteiger partial charge is 0.480 e. The first-order chi connectivity index (χ1) is 9.56. The van der Waals surface area contributed by atoms with Gasteiger partial charge in [-0.25, -0.2) is 4.68 Å². The lowest BCUT2D eigenvalue weighted by molar-refractivity contribution is -0.138.